The Balaban J connectivity index is 1.68. The Kier molecular flexibility index (Phi) is 8.99. The Labute approximate surface area is 220 Å². The van der Waals surface area contributed by atoms with Gasteiger partial charge in [0, 0.05) is 18.8 Å². The molecule has 0 unspecified atom stereocenters. The lowest BCUT2D eigenvalue weighted by atomic mass is 10.0. The number of rotatable bonds is 11. The van der Waals surface area contributed by atoms with Crippen LogP contribution in [0.4, 0.5) is 5.69 Å². The van der Waals surface area contributed by atoms with Gasteiger partial charge in [0.15, 0.2) is 17.3 Å². The van der Waals surface area contributed by atoms with Crippen LogP contribution in [0.2, 0.25) is 0 Å². The van der Waals surface area contributed by atoms with Crippen molar-refractivity contribution in [3.8, 4) is 11.5 Å². The van der Waals surface area contributed by atoms with E-state index in [9.17, 15) is 14.4 Å². The number of nitrogens with one attached hydrogen (secondary N) is 2. The van der Waals surface area contributed by atoms with Crippen molar-refractivity contribution in [2.24, 2.45) is 0 Å². The van der Waals surface area contributed by atoms with Crippen LogP contribution in [0.15, 0.2) is 71.3 Å². The summed E-state index contributed by atoms with van der Waals surface area (Å²) in [6.45, 7) is 0.607. The predicted octanol–water partition coefficient (Wildman–Crippen LogP) is 3.10. The van der Waals surface area contributed by atoms with Gasteiger partial charge < -0.3 is 29.3 Å². The quantitative estimate of drug-likeness (QED) is 0.398. The zero-order valence-corrected chi connectivity index (χ0v) is 21.3. The number of carbonyl (C=O) groups excluding carboxylic acids is 3. The summed E-state index contributed by atoms with van der Waals surface area (Å²) in [5.41, 5.74) is 0.985. The van der Waals surface area contributed by atoms with E-state index in [0.29, 0.717) is 35.9 Å². The number of amides is 3. The van der Waals surface area contributed by atoms with Crippen molar-refractivity contribution >= 4 is 23.4 Å². The van der Waals surface area contributed by atoms with E-state index in [1.165, 1.54) is 31.4 Å². The normalized spacial score (nSPS) is 15.4. The van der Waals surface area contributed by atoms with Gasteiger partial charge in [-0.2, -0.15) is 0 Å². The van der Waals surface area contributed by atoms with Crippen LogP contribution in [0.3, 0.4) is 0 Å². The third kappa shape index (κ3) is 6.33. The Bertz CT molecular complexity index is 1220. The van der Waals surface area contributed by atoms with E-state index in [-0.39, 0.29) is 18.4 Å². The summed E-state index contributed by atoms with van der Waals surface area (Å²) in [6, 6.07) is 15.9. The summed E-state index contributed by atoms with van der Waals surface area (Å²) in [5.74, 6) is -0.464. The van der Waals surface area contributed by atoms with Crippen LogP contribution in [0.25, 0.3) is 0 Å². The van der Waals surface area contributed by atoms with E-state index in [1.54, 1.807) is 48.5 Å². The van der Waals surface area contributed by atoms with Gasteiger partial charge >= 0.3 is 0 Å². The Morgan fingerprint density at radius 2 is 1.79 bits per heavy atom. The summed E-state index contributed by atoms with van der Waals surface area (Å²) in [6.07, 6.45) is 3.07. The molecule has 38 heavy (non-hydrogen) atoms. The van der Waals surface area contributed by atoms with Crippen LogP contribution in [-0.4, -0.2) is 57.7 Å². The molecule has 0 saturated carbocycles. The first-order chi connectivity index (χ1) is 18.5. The van der Waals surface area contributed by atoms with Crippen LogP contribution in [-0.2, 0) is 14.3 Å². The molecule has 0 bridgehead atoms. The fourth-order valence-corrected chi connectivity index (χ4v) is 4.32. The van der Waals surface area contributed by atoms with Gasteiger partial charge in [-0.15, -0.1) is 0 Å². The van der Waals surface area contributed by atoms with Crippen LogP contribution in [0.5, 0.6) is 11.5 Å². The van der Waals surface area contributed by atoms with Crippen molar-refractivity contribution < 1.29 is 33.0 Å². The second-order valence-electron chi connectivity index (χ2n) is 8.66. The summed E-state index contributed by atoms with van der Waals surface area (Å²) < 4.78 is 21.6. The van der Waals surface area contributed by atoms with Crippen LogP contribution in [0.1, 0.15) is 35.0 Å². The molecule has 200 valence electrons. The molecule has 2 atom stereocenters. The van der Waals surface area contributed by atoms with Crippen LogP contribution in [0, 0.1) is 0 Å². The lowest BCUT2D eigenvalue weighted by molar-refractivity contribution is -0.126. The largest absolute Gasteiger partial charge is 0.493 e. The SMILES string of the molecule is COc1ccc([C@@H](C(=O)NC[C@@H]2CCCO2)N(C(=O)CNC(=O)c2ccco2)c2ccccc2)cc1OC. The monoisotopic (exact) mass is 521 g/mol. The predicted molar refractivity (Wildman–Crippen MR) is 139 cm³/mol. The summed E-state index contributed by atoms with van der Waals surface area (Å²) in [7, 11) is 3.02. The molecule has 1 aliphatic rings. The van der Waals surface area contributed by atoms with Gasteiger partial charge in [0.2, 0.25) is 11.8 Å². The van der Waals surface area contributed by atoms with E-state index < -0.39 is 23.8 Å². The number of methoxy groups -OCH3 is 2. The average Bonchev–Trinajstić information content (AvgIpc) is 3.68. The molecular weight excluding hydrogens is 490 g/mol. The first-order valence-electron chi connectivity index (χ1n) is 12.3. The topological polar surface area (TPSA) is 119 Å². The number of carbonyl (C=O) groups is 3. The molecule has 2 aromatic carbocycles. The number of hydrogen-bond acceptors (Lipinski definition) is 7. The molecule has 2 heterocycles. The first-order valence-corrected chi connectivity index (χ1v) is 12.3. The fraction of sp³-hybridized carbons (Fsp3) is 0.321. The van der Waals surface area contributed by atoms with Gasteiger partial charge in [0.25, 0.3) is 5.91 Å². The second kappa shape index (κ2) is 12.8. The molecule has 0 radical (unpaired) electrons. The zero-order valence-electron chi connectivity index (χ0n) is 21.3. The summed E-state index contributed by atoms with van der Waals surface area (Å²) in [5, 5.41) is 5.53. The number of hydrogen-bond donors (Lipinski definition) is 2. The summed E-state index contributed by atoms with van der Waals surface area (Å²) in [4.78, 5) is 41.3. The minimum absolute atomic E-state index is 0.0785. The van der Waals surface area contributed by atoms with Crippen LogP contribution < -0.4 is 25.0 Å². The highest BCUT2D eigenvalue weighted by molar-refractivity contribution is 6.04. The Morgan fingerprint density at radius 1 is 1.00 bits per heavy atom. The minimum Gasteiger partial charge on any atom is -0.493 e. The van der Waals surface area contributed by atoms with Gasteiger partial charge in [-0.25, -0.2) is 0 Å². The zero-order chi connectivity index (χ0) is 26.9. The van der Waals surface area contributed by atoms with Crippen molar-refractivity contribution in [3.63, 3.8) is 0 Å². The molecular formula is C28H31N3O7. The molecule has 3 aromatic rings. The van der Waals surface area contributed by atoms with Gasteiger partial charge in [0.1, 0.15) is 6.04 Å². The molecule has 4 rings (SSSR count). The molecule has 1 aromatic heterocycles. The summed E-state index contributed by atoms with van der Waals surface area (Å²) >= 11 is 0. The van der Waals surface area contributed by atoms with E-state index >= 15 is 0 Å². The van der Waals surface area contributed by atoms with Crippen molar-refractivity contribution in [3.05, 3.63) is 78.3 Å². The van der Waals surface area contributed by atoms with Crippen molar-refractivity contribution in [1.82, 2.24) is 10.6 Å². The molecule has 2 N–H and O–H groups in total. The molecule has 1 saturated heterocycles. The smallest absolute Gasteiger partial charge is 0.287 e. The number of furan rings is 1. The molecule has 1 fully saturated rings. The number of nitrogens with zero attached hydrogens (tertiary/aromatic N) is 1. The lowest BCUT2D eigenvalue weighted by Crippen LogP contribution is -2.48. The molecule has 0 spiro atoms. The number of anilines is 1. The molecule has 3 amide bonds. The van der Waals surface area contributed by atoms with Gasteiger partial charge in [-0.1, -0.05) is 24.3 Å². The fourth-order valence-electron chi connectivity index (χ4n) is 4.32. The van der Waals surface area contributed by atoms with Crippen molar-refractivity contribution in [2.45, 2.75) is 25.0 Å². The van der Waals surface area contributed by atoms with Crippen molar-refractivity contribution in [1.29, 1.82) is 0 Å². The maximum absolute atomic E-state index is 13.8. The second-order valence-corrected chi connectivity index (χ2v) is 8.66. The van der Waals surface area contributed by atoms with Gasteiger partial charge in [-0.05, 0) is 54.8 Å². The standard InChI is InChI=1S/C28H31N3O7/c1-35-22-13-12-19(16-24(22)36-2)26(28(34)29-17-21-10-6-14-37-21)31(20-8-4-3-5-9-20)25(32)18-30-27(33)23-11-7-15-38-23/h3-5,7-9,11-13,15-16,21,26H,6,10,14,17-18H2,1-2H3,(H,29,34)(H,30,33)/t21-,26-/m0/s1. The minimum atomic E-state index is -1.08. The molecule has 10 nitrogen and oxygen atoms in total. The molecule has 10 heteroatoms. The maximum atomic E-state index is 13.8. The maximum Gasteiger partial charge on any atom is 0.287 e. The number of benzene rings is 2. The molecule has 0 aliphatic carbocycles. The third-order valence-corrected chi connectivity index (χ3v) is 6.21. The van der Waals surface area contributed by atoms with Crippen LogP contribution >= 0.6 is 0 Å². The highest BCUT2D eigenvalue weighted by Crippen LogP contribution is 2.34. The van der Waals surface area contributed by atoms with Gasteiger partial charge in [0.05, 0.1) is 33.1 Å². The average molecular weight is 522 g/mol. The van der Waals surface area contributed by atoms with E-state index in [2.05, 4.69) is 10.6 Å². The van der Waals surface area contributed by atoms with E-state index in [1.807, 2.05) is 6.07 Å². The Hall–Kier alpha value is -4.31. The first kappa shape index (κ1) is 26.7. The highest BCUT2D eigenvalue weighted by atomic mass is 16.5. The number of ether oxygens (including phenoxy) is 3. The highest BCUT2D eigenvalue weighted by Gasteiger charge is 2.34. The van der Waals surface area contributed by atoms with Gasteiger partial charge in [-0.3, -0.25) is 19.3 Å². The van der Waals surface area contributed by atoms with Crippen molar-refractivity contribution in [2.75, 3.05) is 38.8 Å². The molecule has 1 aliphatic heterocycles. The van der Waals surface area contributed by atoms with E-state index in [0.717, 1.165) is 12.8 Å². The lowest BCUT2D eigenvalue weighted by Gasteiger charge is -2.32. The third-order valence-electron chi connectivity index (χ3n) is 6.21. The van der Waals surface area contributed by atoms with E-state index in [4.69, 9.17) is 18.6 Å². The number of para-hydroxylation sites is 1. The Morgan fingerprint density at radius 3 is 2.45 bits per heavy atom.